The van der Waals surface area contributed by atoms with E-state index in [4.69, 9.17) is 9.16 Å². The first-order valence-corrected chi connectivity index (χ1v) is 16.6. The second-order valence-electron chi connectivity index (χ2n) is 12.9. The molecule has 1 amide bonds. The van der Waals surface area contributed by atoms with Gasteiger partial charge in [0.25, 0.3) is 0 Å². The van der Waals surface area contributed by atoms with Gasteiger partial charge in [-0.05, 0) is 87.0 Å². The molecule has 6 nitrogen and oxygen atoms in total. The Morgan fingerprint density at radius 1 is 0.900 bits per heavy atom. The number of hydrogen-bond donors (Lipinski definition) is 2. The fourth-order valence-corrected chi connectivity index (χ4v) is 5.43. The molecule has 0 saturated heterocycles. The normalized spacial score (nSPS) is 14.8. The van der Waals surface area contributed by atoms with Gasteiger partial charge in [-0.3, -0.25) is 4.79 Å². The van der Waals surface area contributed by atoms with E-state index in [2.05, 4.69) is 39.2 Å². The summed E-state index contributed by atoms with van der Waals surface area (Å²) >= 11 is 0. The van der Waals surface area contributed by atoms with Gasteiger partial charge in [0.15, 0.2) is 8.32 Å². The van der Waals surface area contributed by atoms with E-state index >= 15 is 0 Å². The third-order valence-electron chi connectivity index (χ3n) is 7.30. The molecule has 0 aromatic heterocycles. The molecule has 0 spiro atoms. The number of carbonyl (C=O) groups excluding carboxylic acids is 1. The number of rotatable bonds is 12. The zero-order valence-electron chi connectivity index (χ0n) is 25.0. The number of alkyl halides is 1. The number of carbonyl (C=O) groups is 2. The average molecular weight is 578 g/mol. The van der Waals surface area contributed by atoms with Gasteiger partial charge in [-0.25, -0.2) is 13.6 Å². The van der Waals surface area contributed by atoms with E-state index in [0.29, 0.717) is 5.56 Å². The lowest BCUT2D eigenvalue weighted by Crippen LogP contribution is -2.54. The first-order valence-electron chi connectivity index (χ1n) is 13.7. The van der Waals surface area contributed by atoms with E-state index in [9.17, 15) is 23.5 Å². The van der Waals surface area contributed by atoms with Crippen molar-refractivity contribution in [1.82, 2.24) is 5.32 Å². The van der Waals surface area contributed by atoms with Gasteiger partial charge in [0.05, 0.1) is 18.1 Å². The van der Waals surface area contributed by atoms with Crippen molar-refractivity contribution in [3.8, 4) is 0 Å². The van der Waals surface area contributed by atoms with Gasteiger partial charge >= 0.3 is 12.1 Å². The second-order valence-corrected chi connectivity index (χ2v) is 17.7. The summed E-state index contributed by atoms with van der Waals surface area (Å²) in [5.74, 6) is -2.20. The van der Waals surface area contributed by atoms with Crippen LogP contribution in [0, 0.1) is 11.7 Å². The summed E-state index contributed by atoms with van der Waals surface area (Å²) in [6.45, 7) is 15.1. The molecular weight excluding hydrogens is 532 g/mol. The van der Waals surface area contributed by atoms with E-state index < -0.39 is 50.7 Å². The van der Waals surface area contributed by atoms with Gasteiger partial charge in [0.2, 0.25) is 0 Å². The molecule has 0 heterocycles. The summed E-state index contributed by atoms with van der Waals surface area (Å²) in [4.78, 5) is 25.5. The summed E-state index contributed by atoms with van der Waals surface area (Å²) in [6, 6.07) is 12.1. The van der Waals surface area contributed by atoms with Crippen molar-refractivity contribution in [2.24, 2.45) is 5.92 Å². The number of hydrogen-bond acceptors (Lipinski definition) is 4. The van der Waals surface area contributed by atoms with E-state index in [1.807, 2.05) is 0 Å². The minimum absolute atomic E-state index is 0.119. The van der Waals surface area contributed by atoms with Crippen molar-refractivity contribution in [2.45, 2.75) is 103 Å². The number of carboxylic acid groups (broad SMARTS) is 1. The minimum Gasteiger partial charge on any atom is -0.481 e. The summed E-state index contributed by atoms with van der Waals surface area (Å²) in [7, 11) is -2.45. The minimum atomic E-state index is -2.45. The fourth-order valence-electron chi connectivity index (χ4n) is 4.06. The van der Waals surface area contributed by atoms with Crippen LogP contribution in [0.15, 0.2) is 48.5 Å². The molecule has 3 atom stereocenters. The largest absolute Gasteiger partial charge is 0.481 e. The molecule has 2 rings (SSSR count). The van der Waals surface area contributed by atoms with Crippen molar-refractivity contribution >= 4 is 20.4 Å². The van der Waals surface area contributed by atoms with Crippen LogP contribution in [0.2, 0.25) is 18.1 Å². The van der Waals surface area contributed by atoms with Crippen LogP contribution in [0.1, 0.15) is 64.7 Å². The summed E-state index contributed by atoms with van der Waals surface area (Å²) in [5, 5.41) is 13.0. The van der Waals surface area contributed by atoms with Crippen LogP contribution in [0.3, 0.4) is 0 Å². The van der Waals surface area contributed by atoms with Gasteiger partial charge in [0.1, 0.15) is 18.1 Å². The van der Waals surface area contributed by atoms with E-state index in [1.165, 1.54) is 12.1 Å². The van der Waals surface area contributed by atoms with E-state index in [0.717, 1.165) is 11.1 Å². The van der Waals surface area contributed by atoms with E-state index in [1.54, 1.807) is 57.2 Å². The Kier molecular flexibility index (Phi) is 11.5. The van der Waals surface area contributed by atoms with Crippen LogP contribution in [0.25, 0.3) is 0 Å². The molecular formula is C31H45F2NO5Si. The van der Waals surface area contributed by atoms with Crippen LogP contribution >= 0.6 is 0 Å². The molecule has 2 aromatic rings. The summed E-state index contributed by atoms with van der Waals surface area (Å²) in [6.07, 6.45) is -0.693. The predicted molar refractivity (Wildman–Crippen MR) is 156 cm³/mol. The van der Waals surface area contributed by atoms with Gasteiger partial charge in [-0.1, -0.05) is 57.2 Å². The molecule has 0 aliphatic heterocycles. The highest BCUT2D eigenvalue weighted by atomic mass is 28.4. The lowest BCUT2D eigenvalue weighted by molar-refractivity contribution is -0.142. The molecule has 0 aliphatic rings. The van der Waals surface area contributed by atoms with Crippen molar-refractivity contribution in [2.75, 3.05) is 0 Å². The Balaban J connectivity index is 2.49. The molecule has 2 N–H and O–H groups in total. The quantitative estimate of drug-likeness (QED) is 0.256. The van der Waals surface area contributed by atoms with Crippen LogP contribution < -0.4 is 5.32 Å². The molecule has 2 aromatic carbocycles. The Labute approximate surface area is 238 Å². The number of halogens is 2. The fraction of sp³-hybridized carbons (Fsp3) is 0.548. The standard InChI is InChI=1S/C31H45F2NO5Si/c1-30(2,3)38-29(37)34-26(18-22-13-15-25(33)16-14-22)27(39-40(7,8)31(4,5)6)19-24(28(35)36)17-21-9-11-23(20-32)12-10-21/h9-16,24,26-27H,17-20H2,1-8H3,(H,34,37)(H,35,36). The molecule has 3 unspecified atom stereocenters. The van der Waals surface area contributed by atoms with Crippen molar-refractivity contribution in [3.63, 3.8) is 0 Å². The zero-order chi connectivity index (χ0) is 30.3. The lowest BCUT2D eigenvalue weighted by Gasteiger charge is -2.42. The van der Waals surface area contributed by atoms with Gasteiger partial charge in [-0.15, -0.1) is 0 Å². The van der Waals surface area contributed by atoms with Crippen molar-refractivity contribution in [1.29, 1.82) is 0 Å². The Morgan fingerprint density at radius 2 is 1.40 bits per heavy atom. The number of nitrogens with one attached hydrogen (secondary N) is 1. The van der Waals surface area contributed by atoms with Crippen LogP contribution in [0.4, 0.5) is 13.6 Å². The van der Waals surface area contributed by atoms with Crippen LogP contribution in [-0.2, 0) is 33.5 Å². The SMILES string of the molecule is CC(C)(C)OC(=O)NC(Cc1ccc(F)cc1)C(CC(Cc1ccc(CF)cc1)C(=O)O)O[Si](C)(C)C(C)(C)C. The van der Waals surface area contributed by atoms with Gasteiger partial charge < -0.3 is 19.6 Å². The monoisotopic (exact) mass is 577 g/mol. The topological polar surface area (TPSA) is 84.9 Å². The number of carboxylic acids is 1. The molecule has 0 fully saturated rings. The molecule has 0 aliphatic carbocycles. The Bertz CT molecular complexity index is 1110. The zero-order valence-corrected chi connectivity index (χ0v) is 26.0. The predicted octanol–water partition coefficient (Wildman–Crippen LogP) is 7.46. The molecule has 0 radical (unpaired) electrons. The maximum absolute atomic E-state index is 13.7. The Morgan fingerprint density at radius 3 is 1.88 bits per heavy atom. The number of ether oxygens (including phenoxy) is 1. The van der Waals surface area contributed by atoms with Crippen molar-refractivity contribution < 1.29 is 32.6 Å². The highest BCUT2D eigenvalue weighted by molar-refractivity contribution is 6.74. The molecule has 9 heteroatoms. The highest BCUT2D eigenvalue weighted by Gasteiger charge is 2.42. The first-order chi connectivity index (χ1) is 18.4. The maximum Gasteiger partial charge on any atom is 0.407 e. The third kappa shape index (κ3) is 10.7. The van der Waals surface area contributed by atoms with E-state index in [-0.39, 0.29) is 30.1 Å². The Hall–Kier alpha value is -2.78. The number of aliphatic carboxylic acids is 1. The number of benzene rings is 2. The lowest BCUT2D eigenvalue weighted by atomic mass is 9.89. The smallest absolute Gasteiger partial charge is 0.407 e. The van der Waals surface area contributed by atoms with Gasteiger partial charge in [0, 0.05) is 0 Å². The molecule has 0 saturated carbocycles. The number of amides is 1. The molecule has 0 bridgehead atoms. The maximum atomic E-state index is 13.7. The highest BCUT2D eigenvalue weighted by Crippen LogP contribution is 2.39. The van der Waals surface area contributed by atoms with Crippen LogP contribution in [-0.4, -0.2) is 43.2 Å². The van der Waals surface area contributed by atoms with Crippen molar-refractivity contribution in [3.05, 3.63) is 71.0 Å². The molecule has 222 valence electrons. The average Bonchev–Trinajstić information content (AvgIpc) is 2.82. The third-order valence-corrected chi connectivity index (χ3v) is 11.8. The summed E-state index contributed by atoms with van der Waals surface area (Å²) < 4.78 is 39.0. The first kappa shape index (κ1) is 33.4. The molecule has 40 heavy (non-hydrogen) atoms. The van der Waals surface area contributed by atoms with Gasteiger partial charge in [-0.2, -0.15) is 0 Å². The summed E-state index contributed by atoms with van der Waals surface area (Å²) in [5.41, 5.74) is 1.32. The second kappa shape index (κ2) is 13.7. The number of alkyl carbamates (subject to hydrolysis) is 1. The van der Waals surface area contributed by atoms with Crippen LogP contribution in [0.5, 0.6) is 0 Å².